The van der Waals surface area contributed by atoms with Crippen molar-refractivity contribution in [3.63, 3.8) is 0 Å². The number of ether oxygens (including phenoxy) is 2. The lowest BCUT2D eigenvalue weighted by Gasteiger charge is -2.25. The number of esters is 1. The van der Waals surface area contributed by atoms with Gasteiger partial charge in [0.05, 0.1) is 6.61 Å². The first-order valence-corrected chi connectivity index (χ1v) is 7.23. The molecule has 122 valence electrons. The van der Waals surface area contributed by atoms with Gasteiger partial charge >= 0.3 is 5.97 Å². The number of hydrogen-bond donors (Lipinski definition) is 1. The Morgan fingerprint density at radius 1 is 1.23 bits per heavy atom. The molecule has 1 aromatic carbocycles. The molecule has 0 saturated heterocycles. The van der Waals surface area contributed by atoms with Crippen LogP contribution in [-0.2, 0) is 14.3 Å². The van der Waals surface area contributed by atoms with Crippen LogP contribution >= 0.6 is 0 Å². The van der Waals surface area contributed by atoms with Gasteiger partial charge in [0.1, 0.15) is 11.6 Å². The van der Waals surface area contributed by atoms with Crippen LogP contribution in [0.1, 0.15) is 33.6 Å². The lowest BCUT2D eigenvalue weighted by molar-refractivity contribution is -0.143. The van der Waals surface area contributed by atoms with E-state index in [4.69, 9.17) is 9.47 Å². The van der Waals surface area contributed by atoms with Gasteiger partial charge in [-0.3, -0.25) is 9.59 Å². The number of nitrogens with one attached hydrogen (secondary N) is 1. The second-order valence-corrected chi connectivity index (χ2v) is 5.23. The molecule has 0 radical (unpaired) electrons. The van der Waals surface area contributed by atoms with Crippen molar-refractivity contribution in [3.05, 3.63) is 30.1 Å². The maximum atomic E-state index is 12.8. The molecule has 0 fully saturated rings. The van der Waals surface area contributed by atoms with E-state index in [1.165, 1.54) is 24.3 Å². The Labute approximate surface area is 129 Å². The Morgan fingerprint density at radius 2 is 1.86 bits per heavy atom. The highest BCUT2D eigenvalue weighted by Gasteiger charge is 2.29. The standard InChI is InChI=1S/C16H22FNO4/c1-4-21-14(19)6-5-11-18-15(20)16(2,3)22-13-9-7-12(17)8-10-13/h7-10H,4-6,11H2,1-3H3,(H,18,20). The van der Waals surface area contributed by atoms with E-state index in [1.807, 2.05) is 0 Å². The van der Waals surface area contributed by atoms with E-state index >= 15 is 0 Å². The monoisotopic (exact) mass is 311 g/mol. The van der Waals surface area contributed by atoms with E-state index in [0.717, 1.165) is 0 Å². The summed E-state index contributed by atoms with van der Waals surface area (Å²) in [5.41, 5.74) is -1.10. The molecule has 0 bridgehead atoms. The average Bonchev–Trinajstić information content (AvgIpc) is 2.46. The molecule has 6 heteroatoms. The Hall–Kier alpha value is -2.11. The minimum atomic E-state index is -1.10. The summed E-state index contributed by atoms with van der Waals surface area (Å²) >= 11 is 0. The van der Waals surface area contributed by atoms with Crippen molar-refractivity contribution in [2.45, 2.75) is 39.2 Å². The number of carbonyl (C=O) groups is 2. The molecule has 0 aliphatic heterocycles. The quantitative estimate of drug-likeness (QED) is 0.591. The van der Waals surface area contributed by atoms with Gasteiger partial charge in [0, 0.05) is 13.0 Å². The highest BCUT2D eigenvalue weighted by Crippen LogP contribution is 2.18. The van der Waals surface area contributed by atoms with Gasteiger partial charge in [-0.2, -0.15) is 0 Å². The number of carbonyl (C=O) groups excluding carboxylic acids is 2. The van der Waals surface area contributed by atoms with Crippen molar-refractivity contribution in [3.8, 4) is 5.75 Å². The van der Waals surface area contributed by atoms with E-state index in [0.29, 0.717) is 25.3 Å². The SMILES string of the molecule is CCOC(=O)CCCNC(=O)C(C)(C)Oc1ccc(F)cc1. The van der Waals surface area contributed by atoms with Crippen LogP contribution < -0.4 is 10.1 Å². The molecule has 0 aromatic heterocycles. The lowest BCUT2D eigenvalue weighted by atomic mass is 10.1. The average molecular weight is 311 g/mol. The maximum absolute atomic E-state index is 12.8. The van der Waals surface area contributed by atoms with Crippen molar-refractivity contribution in [2.24, 2.45) is 0 Å². The fourth-order valence-corrected chi connectivity index (χ4v) is 1.72. The summed E-state index contributed by atoms with van der Waals surface area (Å²) in [6.07, 6.45) is 0.755. The summed E-state index contributed by atoms with van der Waals surface area (Å²) in [6, 6.07) is 5.46. The molecule has 1 N–H and O–H groups in total. The van der Waals surface area contributed by atoms with E-state index in [2.05, 4.69) is 5.32 Å². The first-order valence-electron chi connectivity index (χ1n) is 7.23. The van der Waals surface area contributed by atoms with Crippen LogP contribution in [0.15, 0.2) is 24.3 Å². The first kappa shape index (κ1) is 17.9. The third-order valence-corrected chi connectivity index (χ3v) is 2.88. The molecule has 5 nitrogen and oxygen atoms in total. The van der Waals surface area contributed by atoms with Crippen LogP contribution in [0.4, 0.5) is 4.39 Å². The third-order valence-electron chi connectivity index (χ3n) is 2.88. The molecule has 1 rings (SSSR count). The second kappa shape index (κ2) is 8.36. The fourth-order valence-electron chi connectivity index (χ4n) is 1.72. The minimum Gasteiger partial charge on any atom is -0.478 e. The zero-order valence-electron chi connectivity index (χ0n) is 13.1. The van der Waals surface area contributed by atoms with Crippen molar-refractivity contribution >= 4 is 11.9 Å². The van der Waals surface area contributed by atoms with Gasteiger partial charge in [-0.05, 0) is 51.5 Å². The summed E-state index contributed by atoms with van der Waals surface area (Å²) in [4.78, 5) is 23.2. The van der Waals surface area contributed by atoms with Crippen LogP contribution in [0.2, 0.25) is 0 Å². The summed E-state index contributed by atoms with van der Waals surface area (Å²) in [6.45, 7) is 5.70. The molecule has 0 unspecified atom stereocenters. The van der Waals surface area contributed by atoms with Gasteiger partial charge in [-0.15, -0.1) is 0 Å². The number of benzene rings is 1. The van der Waals surface area contributed by atoms with Crippen molar-refractivity contribution in [1.29, 1.82) is 0 Å². The largest absolute Gasteiger partial charge is 0.478 e. The Kier molecular flexibility index (Phi) is 6.82. The van der Waals surface area contributed by atoms with Gasteiger partial charge in [-0.25, -0.2) is 4.39 Å². The van der Waals surface area contributed by atoms with E-state index < -0.39 is 5.60 Å². The molecule has 22 heavy (non-hydrogen) atoms. The fraction of sp³-hybridized carbons (Fsp3) is 0.500. The number of rotatable bonds is 8. The van der Waals surface area contributed by atoms with Crippen molar-refractivity contribution in [1.82, 2.24) is 5.32 Å². The van der Waals surface area contributed by atoms with Gasteiger partial charge < -0.3 is 14.8 Å². The van der Waals surface area contributed by atoms with Crippen LogP contribution in [0.3, 0.4) is 0 Å². The predicted octanol–water partition coefficient (Wildman–Crippen LogP) is 2.44. The molecule has 0 aliphatic rings. The van der Waals surface area contributed by atoms with Crippen LogP contribution in [0.25, 0.3) is 0 Å². The smallest absolute Gasteiger partial charge is 0.305 e. The van der Waals surface area contributed by atoms with Gasteiger partial charge in [-0.1, -0.05) is 0 Å². The van der Waals surface area contributed by atoms with E-state index in [9.17, 15) is 14.0 Å². The Balaban J connectivity index is 2.39. The molecule has 0 heterocycles. The van der Waals surface area contributed by atoms with E-state index in [1.54, 1.807) is 20.8 Å². The van der Waals surface area contributed by atoms with Crippen LogP contribution in [-0.4, -0.2) is 30.6 Å². The molecule has 0 atom stereocenters. The van der Waals surface area contributed by atoms with Crippen molar-refractivity contribution < 1.29 is 23.5 Å². The second-order valence-electron chi connectivity index (χ2n) is 5.23. The summed E-state index contributed by atoms with van der Waals surface area (Å²) in [5.74, 6) is -0.541. The van der Waals surface area contributed by atoms with Crippen molar-refractivity contribution in [2.75, 3.05) is 13.2 Å². The number of halogens is 1. The van der Waals surface area contributed by atoms with Crippen LogP contribution in [0, 0.1) is 5.82 Å². The van der Waals surface area contributed by atoms with Gasteiger partial charge in [0.25, 0.3) is 5.91 Å². The molecule has 0 aliphatic carbocycles. The third kappa shape index (κ3) is 6.11. The molecular weight excluding hydrogens is 289 g/mol. The van der Waals surface area contributed by atoms with Gasteiger partial charge in [0.2, 0.25) is 0 Å². The lowest BCUT2D eigenvalue weighted by Crippen LogP contribution is -2.46. The van der Waals surface area contributed by atoms with Gasteiger partial charge in [0.15, 0.2) is 5.60 Å². The minimum absolute atomic E-state index is 0.257. The molecule has 0 saturated carbocycles. The summed E-state index contributed by atoms with van der Waals surface area (Å²) in [5, 5.41) is 2.71. The molecule has 1 aromatic rings. The Bertz CT molecular complexity index is 499. The normalized spacial score (nSPS) is 10.9. The topological polar surface area (TPSA) is 64.6 Å². The zero-order chi connectivity index (χ0) is 16.6. The number of hydrogen-bond acceptors (Lipinski definition) is 4. The first-order chi connectivity index (χ1) is 10.3. The maximum Gasteiger partial charge on any atom is 0.305 e. The summed E-state index contributed by atoms with van der Waals surface area (Å²) < 4.78 is 23.2. The predicted molar refractivity (Wildman–Crippen MR) is 80.0 cm³/mol. The highest BCUT2D eigenvalue weighted by molar-refractivity contribution is 5.84. The molecule has 1 amide bonds. The zero-order valence-corrected chi connectivity index (χ0v) is 13.1. The summed E-state index contributed by atoms with van der Waals surface area (Å²) in [7, 11) is 0. The Morgan fingerprint density at radius 3 is 2.45 bits per heavy atom. The van der Waals surface area contributed by atoms with Crippen LogP contribution in [0.5, 0.6) is 5.75 Å². The van der Waals surface area contributed by atoms with E-state index in [-0.39, 0.29) is 24.1 Å². The molecular formula is C16H22FNO4. The molecule has 0 spiro atoms. The highest BCUT2D eigenvalue weighted by atomic mass is 19.1. The number of amides is 1.